The topological polar surface area (TPSA) is 24.5 Å². The molecule has 1 aliphatic rings. The van der Waals surface area contributed by atoms with E-state index >= 15 is 0 Å². The largest absolute Gasteiger partial charge is 0.377 e. The van der Waals surface area contributed by atoms with E-state index in [0.29, 0.717) is 6.10 Å². The summed E-state index contributed by atoms with van der Waals surface area (Å²) in [6.45, 7) is 4.21. The van der Waals surface area contributed by atoms with Crippen molar-refractivity contribution in [1.82, 2.24) is 10.2 Å². The summed E-state index contributed by atoms with van der Waals surface area (Å²) in [4.78, 5) is 2.33. The van der Waals surface area contributed by atoms with E-state index < -0.39 is 0 Å². The maximum Gasteiger partial charge on any atom is 0.0702 e. The van der Waals surface area contributed by atoms with E-state index in [4.69, 9.17) is 4.74 Å². The quantitative estimate of drug-likeness (QED) is 0.646. The third kappa shape index (κ3) is 3.52. The van der Waals surface area contributed by atoms with Gasteiger partial charge in [0.15, 0.2) is 0 Å². The van der Waals surface area contributed by atoms with Crippen LogP contribution in [0.25, 0.3) is 0 Å². The lowest BCUT2D eigenvalue weighted by molar-refractivity contribution is 0.0816. The number of hydrogen-bond acceptors (Lipinski definition) is 3. The zero-order valence-corrected chi connectivity index (χ0v) is 8.18. The standard InChI is InChI=1S/C9H20N2O/c1-10-5-6-11(2)8-9-4-3-7-12-9/h9-10H,3-8H2,1-2H3. The molecule has 0 aliphatic carbocycles. The minimum Gasteiger partial charge on any atom is -0.377 e. The van der Waals surface area contributed by atoms with E-state index in [1.54, 1.807) is 0 Å². The first kappa shape index (κ1) is 9.96. The van der Waals surface area contributed by atoms with Crippen molar-refractivity contribution in [2.24, 2.45) is 0 Å². The average molecular weight is 172 g/mol. The van der Waals surface area contributed by atoms with Crippen LogP contribution in [0.5, 0.6) is 0 Å². The summed E-state index contributed by atoms with van der Waals surface area (Å²) in [6.07, 6.45) is 2.97. The minimum atomic E-state index is 0.492. The van der Waals surface area contributed by atoms with Gasteiger partial charge < -0.3 is 15.0 Å². The van der Waals surface area contributed by atoms with Crippen LogP contribution in [0.1, 0.15) is 12.8 Å². The SMILES string of the molecule is CNCCN(C)CC1CCCO1. The molecule has 3 heteroatoms. The van der Waals surface area contributed by atoms with Crippen LogP contribution < -0.4 is 5.32 Å². The van der Waals surface area contributed by atoms with Crippen LogP contribution in [0.4, 0.5) is 0 Å². The van der Waals surface area contributed by atoms with E-state index in [9.17, 15) is 0 Å². The van der Waals surface area contributed by atoms with Crippen molar-refractivity contribution in [2.45, 2.75) is 18.9 Å². The summed E-state index contributed by atoms with van der Waals surface area (Å²) in [6, 6.07) is 0. The van der Waals surface area contributed by atoms with Gasteiger partial charge in [0, 0.05) is 26.2 Å². The van der Waals surface area contributed by atoms with E-state index in [-0.39, 0.29) is 0 Å². The maximum atomic E-state index is 5.54. The van der Waals surface area contributed by atoms with Gasteiger partial charge in [-0.25, -0.2) is 0 Å². The van der Waals surface area contributed by atoms with Crippen LogP contribution >= 0.6 is 0 Å². The van der Waals surface area contributed by atoms with E-state index in [0.717, 1.165) is 26.2 Å². The summed E-state index contributed by atoms with van der Waals surface area (Å²) in [5.41, 5.74) is 0. The second-order valence-corrected chi connectivity index (χ2v) is 3.50. The monoisotopic (exact) mass is 172 g/mol. The van der Waals surface area contributed by atoms with Gasteiger partial charge in [0.25, 0.3) is 0 Å². The van der Waals surface area contributed by atoms with Crippen LogP contribution in [0, 0.1) is 0 Å². The Labute approximate surface area is 75.1 Å². The molecule has 0 spiro atoms. The minimum absolute atomic E-state index is 0.492. The molecule has 1 saturated heterocycles. The van der Waals surface area contributed by atoms with Crippen molar-refractivity contribution >= 4 is 0 Å². The van der Waals surface area contributed by atoms with Crippen molar-refractivity contribution < 1.29 is 4.74 Å². The van der Waals surface area contributed by atoms with Crippen LogP contribution in [-0.2, 0) is 4.74 Å². The number of hydrogen-bond donors (Lipinski definition) is 1. The van der Waals surface area contributed by atoms with E-state index in [2.05, 4.69) is 17.3 Å². The first-order valence-electron chi connectivity index (χ1n) is 4.77. The second-order valence-electron chi connectivity index (χ2n) is 3.50. The highest BCUT2D eigenvalue weighted by Gasteiger charge is 2.16. The Kier molecular flexibility index (Phi) is 4.58. The van der Waals surface area contributed by atoms with Gasteiger partial charge in [0.1, 0.15) is 0 Å². The Bertz CT molecular complexity index is 113. The van der Waals surface area contributed by atoms with Gasteiger partial charge in [-0.1, -0.05) is 0 Å². The lowest BCUT2D eigenvalue weighted by atomic mass is 10.2. The third-order valence-corrected chi connectivity index (χ3v) is 2.28. The maximum absolute atomic E-state index is 5.54. The molecule has 0 bridgehead atoms. The fourth-order valence-electron chi connectivity index (χ4n) is 1.53. The molecule has 1 fully saturated rings. The second kappa shape index (κ2) is 5.51. The molecule has 1 rings (SSSR count). The Morgan fingerprint density at radius 2 is 2.42 bits per heavy atom. The lowest BCUT2D eigenvalue weighted by Crippen LogP contribution is -2.33. The van der Waals surface area contributed by atoms with Crippen molar-refractivity contribution in [1.29, 1.82) is 0 Å². The number of nitrogens with zero attached hydrogens (tertiary/aromatic N) is 1. The van der Waals surface area contributed by atoms with Gasteiger partial charge in [0.05, 0.1) is 6.10 Å². The molecule has 0 aromatic carbocycles. The van der Waals surface area contributed by atoms with Crippen LogP contribution in [0.3, 0.4) is 0 Å². The Morgan fingerprint density at radius 1 is 1.58 bits per heavy atom. The summed E-state index contributed by atoms with van der Waals surface area (Å²) in [5.74, 6) is 0. The van der Waals surface area contributed by atoms with Crippen molar-refractivity contribution in [2.75, 3.05) is 40.3 Å². The van der Waals surface area contributed by atoms with E-state index in [1.165, 1.54) is 12.8 Å². The summed E-state index contributed by atoms with van der Waals surface area (Å²) in [7, 11) is 4.14. The van der Waals surface area contributed by atoms with Crippen molar-refractivity contribution in [3.05, 3.63) is 0 Å². The lowest BCUT2D eigenvalue weighted by Gasteiger charge is -2.19. The van der Waals surface area contributed by atoms with Crippen LogP contribution in [0.2, 0.25) is 0 Å². The third-order valence-electron chi connectivity index (χ3n) is 2.28. The van der Waals surface area contributed by atoms with Crippen molar-refractivity contribution in [3.8, 4) is 0 Å². The molecule has 0 aromatic rings. The summed E-state index contributed by atoms with van der Waals surface area (Å²) < 4.78 is 5.54. The highest BCUT2D eigenvalue weighted by Crippen LogP contribution is 2.12. The normalized spacial score (nSPS) is 23.8. The molecule has 1 atom stereocenters. The number of ether oxygens (including phenoxy) is 1. The first-order chi connectivity index (χ1) is 5.83. The van der Waals surface area contributed by atoms with Crippen molar-refractivity contribution in [3.63, 3.8) is 0 Å². The van der Waals surface area contributed by atoms with Gasteiger partial charge in [-0.15, -0.1) is 0 Å². The molecule has 12 heavy (non-hydrogen) atoms. The summed E-state index contributed by atoms with van der Waals surface area (Å²) in [5, 5.41) is 3.14. The molecule has 3 nitrogen and oxygen atoms in total. The van der Waals surface area contributed by atoms with Gasteiger partial charge in [0.2, 0.25) is 0 Å². The van der Waals surface area contributed by atoms with Gasteiger partial charge in [-0.05, 0) is 26.9 Å². The highest BCUT2D eigenvalue weighted by atomic mass is 16.5. The Balaban J connectivity index is 2.03. The zero-order valence-electron chi connectivity index (χ0n) is 8.18. The molecule has 1 N–H and O–H groups in total. The summed E-state index contributed by atoms with van der Waals surface area (Å²) >= 11 is 0. The molecule has 0 amide bonds. The highest BCUT2D eigenvalue weighted by molar-refractivity contribution is 4.68. The first-order valence-corrected chi connectivity index (χ1v) is 4.77. The molecule has 1 unspecified atom stereocenters. The predicted octanol–water partition coefficient (Wildman–Crippen LogP) is 0.317. The molecular formula is C9H20N2O. The van der Waals surface area contributed by atoms with Crippen LogP contribution in [0.15, 0.2) is 0 Å². The number of nitrogens with one attached hydrogen (secondary N) is 1. The van der Waals surface area contributed by atoms with Crippen LogP contribution in [-0.4, -0.2) is 51.3 Å². The number of rotatable bonds is 5. The molecule has 1 aliphatic heterocycles. The van der Waals surface area contributed by atoms with E-state index in [1.807, 2.05) is 7.05 Å². The molecule has 72 valence electrons. The predicted molar refractivity (Wildman–Crippen MR) is 50.4 cm³/mol. The Morgan fingerprint density at radius 3 is 3.00 bits per heavy atom. The number of likely N-dealkylation sites (N-methyl/N-ethyl adjacent to an activating group) is 2. The zero-order chi connectivity index (χ0) is 8.81. The molecule has 1 heterocycles. The smallest absolute Gasteiger partial charge is 0.0702 e. The molecule has 0 aromatic heterocycles. The fourth-order valence-corrected chi connectivity index (χ4v) is 1.53. The molecule has 0 radical (unpaired) electrons. The molecular weight excluding hydrogens is 152 g/mol. The van der Waals surface area contributed by atoms with Gasteiger partial charge in [-0.3, -0.25) is 0 Å². The average Bonchev–Trinajstić information content (AvgIpc) is 2.53. The van der Waals surface area contributed by atoms with Gasteiger partial charge in [-0.2, -0.15) is 0 Å². The molecule has 0 saturated carbocycles. The fraction of sp³-hybridized carbons (Fsp3) is 1.00. The van der Waals surface area contributed by atoms with Gasteiger partial charge >= 0.3 is 0 Å². The Hall–Kier alpha value is -0.120.